The van der Waals surface area contributed by atoms with E-state index in [1.54, 1.807) is 0 Å². The Morgan fingerprint density at radius 3 is 1.67 bits per heavy atom. The lowest BCUT2D eigenvalue weighted by atomic mass is 11.4. The molecule has 0 aliphatic heterocycles. The summed E-state index contributed by atoms with van der Waals surface area (Å²) in [6.07, 6.45) is 0. The summed E-state index contributed by atoms with van der Waals surface area (Å²) >= 11 is 10.4. The SMILES string of the molecule is NNC(=S)SC(=S)NN. The molecule has 0 bridgehead atoms. The monoisotopic (exact) mass is 182 g/mol. The van der Waals surface area contributed by atoms with Gasteiger partial charge in [-0.15, -0.1) is 0 Å². The van der Waals surface area contributed by atoms with E-state index in [4.69, 9.17) is 11.7 Å². The largest absolute Gasteiger partial charge is 0.309 e. The van der Waals surface area contributed by atoms with E-state index < -0.39 is 0 Å². The van der Waals surface area contributed by atoms with E-state index >= 15 is 0 Å². The summed E-state index contributed by atoms with van der Waals surface area (Å²) in [5.41, 5.74) is 4.48. The van der Waals surface area contributed by atoms with Gasteiger partial charge in [0.15, 0.2) is 8.64 Å². The number of hydrogen-bond donors (Lipinski definition) is 4. The Morgan fingerprint density at radius 1 is 1.11 bits per heavy atom. The number of nitrogens with one attached hydrogen (secondary N) is 2. The van der Waals surface area contributed by atoms with Crippen molar-refractivity contribution in [2.75, 3.05) is 0 Å². The van der Waals surface area contributed by atoms with Crippen molar-refractivity contribution in [2.24, 2.45) is 11.7 Å². The quantitative estimate of drug-likeness (QED) is 0.222. The van der Waals surface area contributed by atoms with Gasteiger partial charge in [-0.25, -0.2) is 11.7 Å². The van der Waals surface area contributed by atoms with Crippen LogP contribution in [-0.2, 0) is 0 Å². The van der Waals surface area contributed by atoms with Crippen LogP contribution >= 0.6 is 36.2 Å². The lowest BCUT2D eigenvalue weighted by Crippen LogP contribution is -2.32. The lowest BCUT2D eigenvalue weighted by Gasteiger charge is -2.00. The van der Waals surface area contributed by atoms with Crippen molar-refractivity contribution in [3.63, 3.8) is 0 Å². The molecule has 0 unspecified atom stereocenters. The maximum Gasteiger partial charge on any atom is 0.154 e. The average molecular weight is 182 g/mol. The van der Waals surface area contributed by atoms with Crippen molar-refractivity contribution in [3.8, 4) is 0 Å². The van der Waals surface area contributed by atoms with Gasteiger partial charge in [0, 0.05) is 0 Å². The Bertz CT molecular complexity index is 109. The molecule has 4 nitrogen and oxygen atoms in total. The van der Waals surface area contributed by atoms with Gasteiger partial charge in [-0.2, -0.15) is 0 Å². The zero-order valence-corrected chi connectivity index (χ0v) is 6.83. The molecule has 0 heterocycles. The Hall–Kier alpha value is 0.0500. The molecule has 0 spiro atoms. The fourth-order valence-corrected chi connectivity index (χ4v) is 1.09. The molecule has 0 atom stereocenters. The zero-order valence-electron chi connectivity index (χ0n) is 4.38. The van der Waals surface area contributed by atoms with E-state index in [1.165, 1.54) is 0 Å². The molecule has 0 saturated carbocycles. The van der Waals surface area contributed by atoms with E-state index in [0.717, 1.165) is 11.8 Å². The molecule has 0 radical (unpaired) electrons. The van der Waals surface area contributed by atoms with Crippen LogP contribution in [0.3, 0.4) is 0 Å². The average Bonchev–Trinajstić information content (AvgIpc) is 1.87. The second-order valence-corrected chi connectivity index (χ2v) is 3.32. The fraction of sp³-hybridized carbons (Fsp3) is 0. The molecule has 0 aromatic rings. The Labute approximate surface area is 67.7 Å². The third kappa shape index (κ3) is 4.55. The minimum atomic E-state index is 0.387. The maximum atomic E-state index is 4.93. The van der Waals surface area contributed by atoms with E-state index in [-0.39, 0.29) is 0 Å². The minimum Gasteiger partial charge on any atom is -0.309 e. The second kappa shape index (κ2) is 4.89. The first-order valence-electron chi connectivity index (χ1n) is 1.89. The van der Waals surface area contributed by atoms with Crippen molar-refractivity contribution < 1.29 is 0 Å². The van der Waals surface area contributed by atoms with Gasteiger partial charge in [0.2, 0.25) is 0 Å². The van der Waals surface area contributed by atoms with Gasteiger partial charge in [-0.3, -0.25) is 0 Å². The predicted octanol–water partition coefficient (Wildman–Crippen LogP) is -0.784. The van der Waals surface area contributed by atoms with Crippen LogP contribution in [0.4, 0.5) is 0 Å². The van der Waals surface area contributed by atoms with Crippen molar-refractivity contribution in [1.82, 2.24) is 10.9 Å². The van der Waals surface area contributed by atoms with E-state index in [0.29, 0.717) is 8.64 Å². The van der Waals surface area contributed by atoms with Crippen LogP contribution in [0.15, 0.2) is 0 Å². The number of thiocarbonyl (C=S) groups is 2. The molecule has 0 aromatic carbocycles. The zero-order chi connectivity index (χ0) is 7.28. The molecule has 7 heteroatoms. The summed E-state index contributed by atoms with van der Waals surface area (Å²) in [6.45, 7) is 0. The Balaban J connectivity index is 3.47. The third-order valence-corrected chi connectivity index (χ3v) is 1.76. The topological polar surface area (TPSA) is 76.1 Å². The molecule has 52 valence electrons. The van der Waals surface area contributed by atoms with Gasteiger partial charge >= 0.3 is 0 Å². The molecule has 9 heavy (non-hydrogen) atoms. The summed E-state index contributed by atoms with van der Waals surface area (Å²) < 4.78 is 0.774. The smallest absolute Gasteiger partial charge is 0.154 e. The Morgan fingerprint density at radius 2 is 1.44 bits per heavy atom. The van der Waals surface area contributed by atoms with Crippen molar-refractivity contribution in [2.45, 2.75) is 0 Å². The number of hydrogen-bond acceptors (Lipinski definition) is 5. The summed E-state index contributed by atoms with van der Waals surface area (Å²) in [7, 11) is 0. The van der Waals surface area contributed by atoms with Crippen molar-refractivity contribution in [1.29, 1.82) is 0 Å². The molecular formula is C2H6N4S3. The molecule has 0 rings (SSSR count). The van der Waals surface area contributed by atoms with Gasteiger partial charge in [-0.05, 0) is 11.8 Å². The van der Waals surface area contributed by atoms with E-state index in [9.17, 15) is 0 Å². The summed E-state index contributed by atoms with van der Waals surface area (Å²) in [6, 6.07) is 0. The van der Waals surface area contributed by atoms with Gasteiger partial charge in [0.1, 0.15) is 0 Å². The van der Waals surface area contributed by atoms with Crippen LogP contribution in [0.1, 0.15) is 0 Å². The molecular weight excluding hydrogens is 176 g/mol. The number of hydrazine groups is 2. The number of nitrogens with two attached hydrogens (primary N) is 2. The van der Waals surface area contributed by atoms with Crippen molar-refractivity contribution >= 4 is 44.8 Å². The first-order chi connectivity index (χ1) is 4.20. The molecule has 0 amide bonds. The fourth-order valence-electron chi connectivity index (χ4n) is 0.143. The van der Waals surface area contributed by atoms with E-state index in [1.807, 2.05) is 0 Å². The molecule has 0 aliphatic rings. The van der Waals surface area contributed by atoms with Crippen LogP contribution in [0, 0.1) is 0 Å². The summed E-state index contributed by atoms with van der Waals surface area (Å²) in [5.74, 6) is 9.87. The van der Waals surface area contributed by atoms with Crippen LogP contribution in [-0.4, -0.2) is 8.64 Å². The predicted molar refractivity (Wildman–Crippen MR) is 47.4 cm³/mol. The first-order valence-corrected chi connectivity index (χ1v) is 3.53. The molecule has 6 N–H and O–H groups in total. The molecule has 0 aliphatic carbocycles. The Kier molecular flexibility index (Phi) is 4.91. The molecule has 0 saturated heterocycles. The molecule has 0 aromatic heterocycles. The first kappa shape index (κ1) is 9.05. The highest BCUT2D eigenvalue weighted by Gasteiger charge is 1.96. The summed E-state index contributed by atoms with van der Waals surface area (Å²) in [5, 5.41) is 0. The summed E-state index contributed by atoms with van der Waals surface area (Å²) in [4.78, 5) is 0. The second-order valence-electron chi connectivity index (χ2n) is 0.966. The third-order valence-electron chi connectivity index (χ3n) is 0.421. The normalized spacial score (nSPS) is 8.22. The number of thioether (sulfide) groups is 1. The highest BCUT2D eigenvalue weighted by atomic mass is 32.2. The maximum absolute atomic E-state index is 4.93. The van der Waals surface area contributed by atoms with Gasteiger partial charge in [0.05, 0.1) is 0 Å². The number of rotatable bonds is 0. The van der Waals surface area contributed by atoms with Crippen LogP contribution in [0.5, 0.6) is 0 Å². The highest BCUT2D eigenvalue weighted by molar-refractivity contribution is 8.37. The standard InChI is InChI=1S/C2H6N4S3/c3-5-1(7)9-2(8)6-4/h3-4H2,(H,5,7)(H,6,8). The van der Waals surface area contributed by atoms with Crippen molar-refractivity contribution in [3.05, 3.63) is 0 Å². The molecule has 0 fully saturated rings. The van der Waals surface area contributed by atoms with E-state index in [2.05, 4.69) is 35.3 Å². The minimum absolute atomic E-state index is 0.387. The lowest BCUT2D eigenvalue weighted by molar-refractivity contribution is 1.06. The highest BCUT2D eigenvalue weighted by Crippen LogP contribution is 2.00. The van der Waals surface area contributed by atoms with Gasteiger partial charge < -0.3 is 10.9 Å². The van der Waals surface area contributed by atoms with Crippen LogP contribution in [0.25, 0.3) is 0 Å². The van der Waals surface area contributed by atoms with Crippen LogP contribution < -0.4 is 22.5 Å². The van der Waals surface area contributed by atoms with Gasteiger partial charge in [0.25, 0.3) is 0 Å². The van der Waals surface area contributed by atoms with Gasteiger partial charge in [-0.1, -0.05) is 24.4 Å². The van der Waals surface area contributed by atoms with Crippen LogP contribution in [0.2, 0.25) is 0 Å².